The molecule has 0 saturated heterocycles. The van der Waals surface area contributed by atoms with Crippen LogP contribution in [-0.4, -0.2) is 53.3 Å². The van der Waals surface area contributed by atoms with E-state index in [1.54, 1.807) is 36.4 Å². The lowest BCUT2D eigenvalue weighted by Gasteiger charge is -2.19. The van der Waals surface area contributed by atoms with Gasteiger partial charge in [-0.25, -0.2) is 5.48 Å². The molecule has 0 fully saturated rings. The van der Waals surface area contributed by atoms with Crippen LogP contribution in [0, 0.1) is 11.8 Å². The van der Waals surface area contributed by atoms with Crippen LogP contribution < -0.4 is 21.8 Å². The molecular weight excluding hydrogens is 412 g/mol. The molecule has 0 aliphatic carbocycles. The van der Waals surface area contributed by atoms with Crippen molar-refractivity contribution in [2.24, 2.45) is 5.73 Å². The van der Waals surface area contributed by atoms with Crippen molar-refractivity contribution in [3.63, 3.8) is 0 Å². The van der Waals surface area contributed by atoms with Crippen LogP contribution in [0.4, 0.5) is 0 Å². The van der Waals surface area contributed by atoms with Gasteiger partial charge in [-0.2, -0.15) is 0 Å². The summed E-state index contributed by atoms with van der Waals surface area (Å²) in [6.07, 6.45) is -1.20. The molecule has 2 atom stereocenters. The van der Waals surface area contributed by atoms with Crippen molar-refractivity contribution >= 4 is 17.7 Å². The first-order valence-corrected chi connectivity index (χ1v) is 9.49. The number of carbonyl (C=O) groups excluding carboxylic acids is 3. The van der Waals surface area contributed by atoms with Crippen LogP contribution in [0.3, 0.4) is 0 Å². The monoisotopic (exact) mass is 440 g/mol. The first-order valence-electron chi connectivity index (χ1n) is 9.49. The highest BCUT2D eigenvalue weighted by Crippen LogP contribution is 2.07. The van der Waals surface area contributed by atoms with E-state index < -0.39 is 24.0 Å². The minimum absolute atomic E-state index is 0. The van der Waals surface area contributed by atoms with E-state index in [1.165, 1.54) is 24.5 Å². The highest BCUT2D eigenvalue weighted by atomic mass is 16.5. The highest BCUT2D eigenvalue weighted by molar-refractivity contribution is 5.97. The molecule has 0 aliphatic heterocycles. The predicted molar refractivity (Wildman–Crippen MR) is 120 cm³/mol. The summed E-state index contributed by atoms with van der Waals surface area (Å²) in [7, 11) is 0. The van der Waals surface area contributed by atoms with Crippen LogP contribution in [0.15, 0.2) is 48.5 Å². The van der Waals surface area contributed by atoms with E-state index in [1.807, 2.05) is 0 Å². The molecule has 2 aromatic rings. The van der Waals surface area contributed by atoms with Crippen molar-refractivity contribution in [2.45, 2.75) is 26.5 Å². The lowest BCUT2D eigenvalue weighted by Crippen LogP contribution is -2.51. The fourth-order valence-corrected chi connectivity index (χ4v) is 2.54. The van der Waals surface area contributed by atoms with Crippen molar-refractivity contribution in [3.05, 3.63) is 70.8 Å². The maximum Gasteiger partial charge on any atom is 0.268 e. The molecular formula is C23H28N4O5. The molecule has 9 heteroatoms. The molecule has 0 bridgehead atoms. The number of amides is 3. The summed E-state index contributed by atoms with van der Waals surface area (Å²) in [6, 6.07) is 11.8. The molecule has 0 unspecified atom stereocenters. The smallest absolute Gasteiger partial charge is 0.268 e. The van der Waals surface area contributed by atoms with Gasteiger partial charge in [-0.1, -0.05) is 19.3 Å². The Morgan fingerprint density at radius 2 is 1.41 bits per heavy atom. The van der Waals surface area contributed by atoms with Crippen molar-refractivity contribution in [3.8, 4) is 11.8 Å². The summed E-state index contributed by atoms with van der Waals surface area (Å²) in [5.74, 6) is 4.22. The average molecular weight is 441 g/mol. The summed E-state index contributed by atoms with van der Waals surface area (Å²) in [4.78, 5) is 35.6. The Hall–Kier alpha value is -3.71. The van der Waals surface area contributed by atoms with Gasteiger partial charge in [-0.15, -0.1) is 0 Å². The Labute approximate surface area is 187 Å². The number of carbonyl (C=O) groups is 3. The van der Waals surface area contributed by atoms with Crippen molar-refractivity contribution in [2.75, 3.05) is 13.1 Å². The molecule has 0 heterocycles. The first kappa shape index (κ1) is 26.3. The normalized spacial score (nSPS) is 11.6. The summed E-state index contributed by atoms with van der Waals surface area (Å²) < 4.78 is 0. The van der Waals surface area contributed by atoms with Crippen LogP contribution in [-0.2, 0) is 4.79 Å². The van der Waals surface area contributed by atoms with Gasteiger partial charge in [0.25, 0.3) is 17.7 Å². The molecule has 170 valence electrons. The summed E-state index contributed by atoms with van der Waals surface area (Å²) in [6.45, 7) is 2.09. The second kappa shape index (κ2) is 12.9. The number of nitrogens with two attached hydrogens (primary N) is 1. The second-order valence-electron chi connectivity index (χ2n) is 6.62. The van der Waals surface area contributed by atoms with Crippen molar-refractivity contribution in [1.29, 1.82) is 0 Å². The molecule has 32 heavy (non-hydrogen) atoms. The van der Waals surface area contributed by atoms with E-state index in [4.69, 9.17) is 10.9 Å². The van der Waals surface area contributed by atoms with Crippen molar-refractivity contribution in [1.82, 2.24) is 16.1 Å². The molecule has 3 amide bonds. The summed E-state index contributed by atoms with van der Waals surface area (Å²) in [5, 5.41) is 23.3. The van der Waals surface area contributed by atoms with Gasteiger partial charge in [0.05, 0.1) is 6.10 Å². The molecule has 0 aromatic heterocycles. The van der Waals surface area contributed by atoms with Gasteiger partial charge < -0.3 is 21.5 Å². The third kappa shape index (κ3) is 7.52. The van der Waals surface area contributed by atoms with Gasteiger partial charge in [0.2, 0.25) is 0 Å². The Morgan fingerprint density at radius 1 is 0.938 bits per heavy atom. The van der Waals surface area contributed by atoms with Gasteiger partial charge in [-0.3, -0.25) is 19.6 Å². The number of rotatable bonds is 7. The molecule has 2 rings (SSSR count). The zero-order valence-corrected chi connectivity index (χ0v) is 16.9. The topological polar surface area (TPSA) is 154 Å². The number of nitrogens with one attached hydrogen (secondary N) is 3. The number of benzene rings is 2. The van der Waals surface area contributed by atoms with Crippen LogP contribution in [0.5, 0.6) is 0 Å². The van der Waals surface area contributed by atoms with Crippen LogP contribution in [0.25, 0.3) is 0 Å². The van der Waals surface area contributed by atoms with Crippen LogP contribution in [0.2, 0.25) is 0 Å². The lowest BCUT2D eigenvalue weighted by atomic mass is 10.1. The molecule has 0 radical (unpaired) electrons. The number of hydroxylamine groups is 1. The van der Waals surface area contributed by atoms with Gasteiger partial charge in [0.1, 0.15) is 6.04 Å². The van der Waals surface area contributed by atoms with E-state index in [-0.39, 0.29) is 18.9 Å². The molecule has 0 saturated carbocycles. The number of aliphatic hydroxyl groups excluding tert-OH is 1. The zero-order chi connectivity index (χ0) is 22.8. The Balaban J connectivity index is 0.00000512. The molecule has 2 aromatic carbocycles. The Morgan fingerprint density at radius 3 is 1.81 bits per heavy atom. The Bertz CT molecular complexity index is 976. The van der Waals surface area contributed by atoms with E-state index in [0.29, 0.717) is 29.8 Å². The summed E-state index contributed by atoms with van der Waals surface area (Å²) >= 11 is 0. The van der Waals surface area contributed by atoms with Crippen LogP contribution in [0.1, 0.15) is 46.2 Å². The van der Waals surface area contributed by atoms with E-state index >= 15 is 0 Å². The highest BCUT2D eigenvalue weighted by Gasteiger charge is 2.25. The quantitative estimate of drug-likeness (QED) is 0.208. The maximum atomic E-state index is 12.3. The minimum atomic E-state index is -1.29. The Kier molecular flexibility index (Phi) is 10.6. The molecule has 0 spiro atoms. The van der Waals surface area contributed by atoms with Crippen LogP contribution >= 0.6 is 0 Å². The minimum Gasteiger partial charge on any atom is -0.391 e. The lowest BCUT2D eigenvalue weighted by molar-refractivity contribution is -0.133. The number of aliphatic hydroxyl groups is 1. The van der Waals surface area contributed by atoms with Gasteiger partial charge in [0.15, 0.2) is 0 Å². The SMILES string of the molecule is C.C[C@@H](O)[C@H](NC(=O)c1ccc(C#Cc2ccc(C(=O)NCCN)cc2)cc1)C(=O)NO. The van der Waals surface area contributed by atoms with E-state index in [9.17, 15) is 19.5 Å². The van der Waals surface area contributed by atoms with Gasteiger partial charge in [-0.05, 0) is 55.5 Å². The first-order chi connectivity index (χ1) is 14.8. The fraction of sp³-hybridized carbons (Fsp3) is 0.261. The standard InChI is InChI=1S/C22H24N4O5.CH4/c1-14(27)19(22(30)26-31)25-21(29)18-10-6-16(7-11-18)3-2-15-4-8-17(9-5-15)20(28)24-13-12-23;/h4-11,14,19,27,31H,12-13,23H2,1H3,(H,24,28)(H,25,29)(H,26,30);1H4/t14-,19+;/m1./s1. The molecule has 0 aliphatic rings. The fourth-order valence-electron chi connectivity index (χ4n) is 2.54. The third-order valence-corrected chi connectivity index (χ3v) is 4.24. The average Bonchev–Trinajstić information content (AvgIpc) is 2.79. The second-order valence-corrected chi connectivity index (χ2v) is 6.62. The largest absolute Gasteiger partial charge is 0.391 e. The van der Waals surface area contributed by atoms with Gasteiger partial charge in [0, 0.05) is 35.3 Å². The third-order valence-electron chi connectivity index (χ3n) is 4.24. The zero-order valence-electron chi connectivity index (χ0n) is 16.9. The van der Waals surface area contributed by atoms with E-state index in [2.05, 4.69) is 22.5 Å². The molecule has 7 N–H and O–H groups in total. The van der Waals surface area contributed by atoms with E-state index in [0.717, 1.165) is 0 Å². The predicted octanol–water partition coefficient (Wildman–Crippen LogP) is 0.396. The number of hydrogen-bond acceptors (Lipinski definition) is 6. The van der Waals surface area contributed by atoms with Crippen molar-refractivity contribution < 1.29 is 24.7 Å². The molecule has 9 nitrogen and oxygen atoms in total. The number of hydrogen-bond donors (Lipinski definition) is 6. The van der Waals surface area contributed by atoms with Gasteiger partial charge >= 0.3 is 0 Å². The maximum absolute atomic E-state index is 12.3. The summed E-state index contributed by atoms with van der Waals surface area (Å²) in [5.41, 5.74) is 8.91.